The number of oxazole rings is 1. The van der Waals surface area contributed by atoms with Crippen molar-refractivity contribution >= 4 is 34.5 Å². The molecule has 0 fully saturated rings. The van der Waals surface area contributed by atoms with Crippen LogP contribution in [0.5, 0.6) is 0 Å². The fourth-order valence-electron chi connectivity index (χ4n) is 2.58. The van der Waals surface area contributed by atoms with Gasteiger partial charge in [0.05, 0.1) is 21.9 Å². The predicted molar refractivity (Wildman–Crippen MR) is 113 cm³/mol. The second-order valence-corrected chi connectivity index (χ2v) is 9.22. The topological polar surface area (TPSA) is 68.0 Å². The monoisotopic (exact) mass is 417 g/mol. The number of rotatable bonds is 7. The van der Waals surface area contributed by atoms with Crippen LogP contribution in [0, 0.1) is 0 Å². The summed E-state index contributed by atoms with van der Waals surface area (Å²) in [6, 6.07) is 7.21. The van der Waals surface area contributed by atoms with Crippen molar-refractivity contribution in [3.8, 4) is 0 Å². The minimum absolute atomic E-state index is 0.0343. The van der Waals surface area contributed by atoms with Crippen molar-refractivity contribution in [3.05, 3.63) is 63.2 Å². The van der Waals surface area contributed by atoms with Gasteiger partial charge in [-0.2, -0.15) is 0 Å². The van der Waals surface area contributed by atoms with Gasteiger partial charge in [-0.3, -0.25) is 4.79 Å². The minimum atomic E-state index is -0.0701. The van der Waals surface area contributed by atoms with Gasteiger partial charge in [0.1, 0.15) is 5.76 Å². The first-order valence-electron chi connectivity index (χ1n) is 9.24. The Kier molecular flexibility index (Phi) is 6.52. The van der Waals surface area contributed by atoms with Crippen LogP contribution in [0.25, 0.3) is 0 Å². The van der Waals surface area contributed by atoms with E-state index in [0.717, 1.165) is 34.4 Å². The maximum atomic E-state index is 12.1. The highest BCUT2D eigenvalue weighted by molar-refractivity contribution is 7.11. The lowest BCUT2D eigenvalue weighted by Gasteiger charge is -2.13. The lowest BCUT2D eigenvalue weighted by atomic mass is 9.94. The molecule has 0 aliphatic carbocycles. The van der Waals surface area contributed by atoms with E-state index in [1.807, 2.05) is 24.5 Å². The quantitative estimate of drug-likeness (QED) is 0.555. The SMILES string of the molecule is CC(C)(C)c1cnc(CCc2cnc(CCC(=O)Nc3ccccc3Cl)s2)o1. The zero-order valence-electron chi connectivity index (χ0n) is 16.3. The van der Waals surface area contributed by atoms with E-state index in [1.54, 1.807) is 23.5 Å². The third kappa shape index (κ3) is 5.66. The molecule has 0 saturated carbocycles. The second-order valence-electron chi connectivity index (χ2n) is 7.62. The molecular formula is C21H24ClN3O2S. The zero-order chi connectivity index (χ0) is 20.1. The van der Waals surface area contributed by atoms with Gasteiger partial charge in [-0.05, 0) is 18.6 Å². The highest BCUT2D eigenvalue weighted by Crippen LogP contribution is 2.24. The zero-order valence-corrected chi connectivity index (χ0v) is 17.9. The second kappa shape index (κ2) is 8.88. The molecule has 1 amide bonds. The average molecular weight is 418 g/mol. The number of hydrogen-bond acceptors (Lipinski definition) is 5. The van der Waals surface area contributed by atoms with Crippen molar-refractivity contribution in [2.75, 3.05) is 5.32 Å². The summed E-state index contributed by atoms with van der Waals surface area (Å²) in [5.74, 6) is 1.58. The molecule has 0 unspecified atom stereocenters. The molecule has 3 rings (SSSR count). The number of para-hydroxylation sites is 1. The van der Waals surface area contributed by atoms with Gasteiger partial charge in [-0.1, -0.05) is 44.5 Å². The number of benzene rings is 1. The van der Waals surface area contributed by atoms with Gasteiger partial charge >= 0.3 is 0 Å². The molecule has 148 valence electrons. The smallest absolute Gasteiger partial charge is 0.224 e. The first-order chi connectivity index (χ1) is 13.3. The van der Waals surface area contributed by atoms with Crippen LogP contribution in [0.4, 0.5) is 5.69 Å². The number of nitrogens with one attached hydrogen (secondary N) is 1. The van der Waals surface area contributed by atoms with E-state index in [4.69, 9.17) is 16.0 Å². The molecule has 3 aromatic rings. The Hall–Kier alpha value is -2.18. The first-order valence-corrected chi connectivity index (χ1v) is 10.4. The number of carbonyl (C=O) groups is 1. The third-order valence-corrected chi connectivity index (χ3v) is 5.64. The summed E-state index contributed by atoms with van der Waals surface area (Å²) < 4.78 is 5.83. The summed E-state index contributed by atoms with van der Waals surface area (Å²) >= 11 is 7.69. The van der Waals surface area contributed by atoms with Gasteiger partial charge in [0, 0.05) is 35.8 Å². The first kappa shape index (κ1) is 20.6. The van der Waals surface area contributed by atoms with Crippen LogP contribution >= 0.6 is 22.9 Å². The van der Waals surface area contributed by atoms with Crippen LogP contribution in [0.3, 0.4) is 0 Å². The number of hydrogen-bond donors (Lipinski definition) is 1. The number of amides is 1. The van der Waals surface area contributed by atoms with Crippen LogP contribution in [-0.4, -0.2) is 15.9 Å². The van der Waals surface area contributed by atoms with E-state index < -0.39 is 0 Å². The molecule has 0 aliphatic rings. The molecule has 0 saturated heterocycles. The molecule has 0 atom stereocenters. The molecule has 0 aliphatic heterocycles. The molecule has 1 N–H and O–H groups in total. The van der Waals surface area contributed by atoms with E-state index in [-0.39, 0.29) is 11.3 Å². The maximum Gasteiger partial charge on any atom is 0.224 e. The van der Waals surface area contributed by atoms with Gasteiger partial charge < -0.3 is 9.73 Å². The normalized spacial score (nSPS) is 11.6. The summed E-state index contributed by atoms with van der Waals surface area (Å²) in [5, 5.41) is 4.32. The Morgan fingerprint density at radius 1 is 1.14 bits per heavy atom. The van der Waals surface area contributed by atoms with Gasteiger partial charge in [0.15, 0.2) is 5.89 Å². The number of aryl methyl sites for hydroxylation is 3. The standard InChI is InChI=1S/C21H24ClN3O2S/c1-21(2,3)17-13-23-19(27-17)10-8-14-12-24-20(28-14)11-9-18(26)25-16-7-5-4-6-15(16)22/h4-7,12-13H,8-11H2,1-3H3,(H,25,26). The fraction of sp³-hybridized carbons (Fsp3) is 0.381. The van der Waals surface area contributed by atoms with Crippen molar-refractivity contribution in [2.24, 2.45) is 0 Å². The van der Waals surface area contributed by atoms with Crippen LogP contribution in [0.15, 0.2) is 41.1 Å². The molecule has 1 aromatic carbocycles. The van der Waals surface area contributed by atoms with E-state index in [0.29, 0.717) is 23.6 Å². The molecule has 0 bridgehead atoms. The number of carbonyl (C=O) groups excluding carboxylic acids is 1. The Labute approximate surface area is 174 Å². The average Bonchev–Trinajstić information content (AvgIpc) is 3.29. The minimum Gasteiger partial charge on any atom is -0.445 e. The van der Waals surface area contributed by atoms with E-state index >= 15 is 0 Å². The molecule has 5 nitrogen and oxygen atoms in total. The lowest BCUT2D eigenvalue weighted by Crippen LogP contribution is -2.12. The molecule has 2 heterocycles. The third-order valence-electron chi connectivity index (χ3n) is 4.19. The Bertz CT molecular complexity index is 943. The highest BCUT2D eigenvalue weighted by Gasteiger charge is 2.19. The number of thiazole rings is 1. The van der Waals surface area contributed by atoms with Crippen molar-refractivity contribution in [2.45, 2.75) is 51.9 Å². The molecule has 7 heteroatoms. The number of aromatic nitrogens is 2. The van der Waals surface area contributed by atoms with E-state index in [2.05, 4.69) is 36.1 Å². The molecule has 0 radical (unpaired) electrons. The summed E-state index contributed by atoms with van der Waals surface area (Å²) in [7, 11) is 0. The van der Waals surface area contributed by atoms with Crippen LogP contribution < -0.4 is 5.32 Å². The van der Waals surface area contributed by atoms with Gasteiger partial charge in [0.25, 0.3) is 0 Å². The number of nitrogens with zero attached hydrogens (tertiary/aromatic N) is 2. The number of anilines is 1. The molecule has 28 heavy (non-hydrogen) atoms. The lowest BCUT2D eigenvalue weighted by molar-refractivity contribution is -0.116. The van der Waals surface area contributed by atoms with E-state index in [9.17, 15) is 4.79 Å². The van der Waals surface area contributed by atoms with Crippen molar-refractivity contribution in [1.29, 1.82) is 0 Å². The Balaban J connectivity index is 1.47. The van der Waals surface area contributed by atoms with Crippen LogP contribution in [0.1, 0.15) is 48.7 Å². The molecular weight excluding hydrogens is 394 g/mol. The van der Waals surface area contributed by atoms with Crippen molar-refractivity contribution in [3.63, 3.8) is 0 Å². The van der Waals surface area contributed by atoms with Crippen molar-refractivity contribution in [1.82, 2.24) is 9.97 Å². The molecule has 2 aromatic heterocycles. The summed E-state index contributed by atoms with van der Waals surface area (Å²) in [4.78, 5) is 22.1. The highest BCUT2D eigenvalue weighted by atomic mass is 35.5. The van der Waals surface area contributed by atoms with Gasteiger partial charge in [-0.25, -0.2) is 9.97 Å². The van der Waals surface area contributed by atoms with Crippen molar-refractivity contribution < 1.29 is 9.21 Å². The number of halogens is 1. The fourth-order valence-corrected chi connectivity index (χ4v) is 3.68. The van der Waals surface area contributed by atoms with Crippen LogP contribution in [0.2, 0.25) is 5.02 Å². The summed E-state index contributed by atoms with van der Waals surface area (Å²) in [6.07, 6.45) is 6.23. The largest absolute Gasteiger partial charge is 0.445 e. The summed E-state index contributed by atoms with van der Waals surface area (Å²) in [5.41, 5.74) is 0.600. The van der Waals surface area contributed by atoms with E-state index in [1.165, 1.54) is 0 Å². The summed E-state index contributed by atoms with van der Waals surface area (Å²) in [6.45, 7) is 6.32. The van der Waals surface area contributed by atoms with Crippen LogP contribution in [-0.2, 0) is 29.5 Å². The molecule has 0 spiro atoms. The maximum absolute atomic E-state index is 12.1. The van der Waals surface area contributed by atoms with Gasteiger partial charge in [-0.15, -0.1) is 11.3 Å². The predicted octanol–water partition coefficient (Wildman–Crippen LogP) is 5.44. The Morgan fingerprint density at radius 3 is 2.64 bits per heavy atom. The van der Waals surface area contributed by atoms with Gasteiger partial charge in [0.2, 0.25) is 5.91 Å². The Morgan fingerprint density at radius 2 is 1.93 bits per heavy atom.